The summed E-state index contributed by atoms with van der Waals surface area (Å²) in [6.07, 6.45) is 8.66. The summed E-state index contributed by atoms with van der Waals surface area (Å²) in [7, 11) is -3.12. The van der Waals surface area contributed by atoms with E-state index in [1.807, 2.05) is 6.92 Å². The molecule has 0 unspecified atom stereocenters. The van der Waals surface area contributed by atoms with Crippen molar-refractivity contribution in [2.75, 3.05) is 39.0 Å². The van der Waals surface area contributed by atoms with Crippen LogP contribution in [0.2, 0.25) is 0 Å². The molecule has 7 nitrogen and oxygen atoms in total. The molecule has 8 heteroatoms. The van der Waals surface area contributed by atoms with Crippen molar-refractivity contribution in [3.05, 3.63) is 0 Å². The number of nitrogens with one attached hydrogen (secondary N) is 3. The van der Waals surface area contributed by atoms with Gasteiger partial charge in [0.1, 0.15) is 0 Å². The fraction of sp³-hybridized carbons (Fsp3) is 0.938. The van der Waals surface area contributed by atoms with E-state index in [2.05, 4.69) is 15.4 Å². The molecule has 0 aromatic heterocycles. The number of aliphatic hydroxyl groups is 1. The smallest absolute Gasteiger partial charge is 0.208 e. The van der Waals surface area contributed by atoms with Gasteiger partial charge in [-0.25, -0.2) is 13.1 Å². The van der Waals surface area contributed by atoms with Gasteiger partial charge < -0.3 is 15.7 Å². The van der Waals surface area contributed by atoms with Crippen molar-refractivity contribution in [3.8, 4) is 0 Å². The maximum absolute atomic E-state index is 11.0. The first kappa shape index (κ1) is 21.2. The minimum absolute atomic E-state index is 0.132. The van der Waals surface area contributed by atoms with Gasteiger partial charge in [-0.2, -0.15) is 0 Å². The summed E-state index contributed by atoms with van der Waals surface area (Å²) in [5, 5.41) is 15.9. The number of hydrogen-bond acceptors (Lipinski definition) is 4. The highest BCUT2D eigenvalue weighted by molar-refractivity contribution is 7.88. The third-order valence-electron chi connectivity index (χ3n) is 4.48. The Labute approximate surface area is 146 Å². The molecule has 0 saturated heterocycles. The Morgan fingerprint density at radius 1 is 1.17 bits per heavy atom. The van der Waals surface area contributed by atoms with E-state index in [1.165, 1.54) is 19.3 Å². The Bertz CT molecular complexity index is 468. The van der Waals surface area contributed by atoms with Crippen LogP contribution in [0, 0.1) is 5.41 Å². The van der Waals surface area contributed by atoms with Crippen molar-refractivity contribution in [2.24, 2.45) is 10.4 Å². The lowest BCUT2D eigenvalue weighted by Gasteiger charge is -2.35. The third kappa shape index (κ3) is 8.84. The number of rotatable bonds is 10. The van der Waals surface area contributed by atoms with Gasteiger partial charge in [0.2, 0.25) is 10.0 Å². The van der Waals surface area contributed by atoms with E-state index in [1.54, 1.807) is 0 Å². The van der Waals surface area contributed by atoms with Gasteiger partial charge in [-0.1, -0.05) is 19.3 Å². The zero-order valence-electron chi connectivity index (χ0n) is 15.1. The number of guanidine groups is 1. The van der Waals surface area contributed by atoms with Crippen molar-refractivity contribution >= 4 is 16.0 Å². The second-order valence-corrected chi connectivity index (χ2v) is 8.51. The van der Waals surface area contributed by atoms with Gasteiger partial charge in [0, 0.05) is 32.8 Å². The first-order valence-corrected chi connectivity index (χ1v) is 10.9. The average molecular weight is 363 g/mol. The highest BCUT2D eigenvalue weighted by Gasteiger charge is 2.31. The maximum Gasteiger partial charge on any atom is 0.208 e. The van der Waals surface area contributed by atoms with Gasteiger partial charge in [-0.15, -0.1) is 0 Å². The first-order chi connectivity index (χ1) is 11.4. The normalized spacial score (nSPS) is 18.4. The third-order valence-corrected chi connectivity index (χ3v) is 5.21. The van der Waals surface area contributed by atoms with Crippen LogP contribution in [0.5, 0.6) is 0 Å². The van der Waals surface area contributed by atoms with Crippen LogP contribution >= 0.6 is 0 Å². The summed E-state index contributed by atoms with van der Waals surface area (Å²) >= 11 is 0. The van der Waals surface area contributed by atoms with Gasteiger partial charge in [-0.3, -0.25) is 4.99 Å². The fourth-order valence-corrected chi connectivity index (χ4v) is 3.68. The zero-order chi connectivity index (χ0) is 17.9. The van der Waals surface area contributed by atoms with Crippen molar-refractivity contribution in [3.63, 3.8) is 0 Å². The topological polar surface area (TPSA) is 103 Å². The van der Waals surface area contributed by atoms with Crippen LogP contribution < -0.4 is 15.4 Å². The summed E-state index contributed by atoms with van der Waals surface area (Å²) in [4.78, 5) is 4.72. The quantitative estimate of drug-likeness (QED) is 0.262. The van der Waals surface area contributed by atoms with Crippen LogP contribution in [0.1, 0.15) is 51.9 Å². The Balaban J connectivity index is 2.48. The molecule has 0 radical (unpaired) electrons. The van der Waals surface area contributed by atoms with Gasteiger partial charge in [-0.05, 0) is 38.0 Å². The molecule has 0 aliphatic heterocycles. The lowest BCUT2D eigenvalue weighted by molar-refractivity contribution is 0.137. The summed E-state index contributed by atoms with van der Waals surface area (Å²) in [6, 6.07) is 0. The molecule has 1 rings (SSSR count). The number of aliphatic hydroxyl groups excluding tert-OH is 1. The van der Waals surface area contributed by atoms with E-state index in [0.29, 0.717) is 19.5 Å². The first-order valence-electron chi connectivity index (χ1n) is 8.98. The largest absolute Gasteiger partial charge is 0.396 e. The van der Waals surface area contributed by atoms with Crippen molar-refractivity contribution in [2.45, 2.75) is 51.9 Å². The van der Waals surface area contributed by atoms with E-state index in [4.69, 9.17) is 4.99 Å². The minimum Gasteiger partial charge on any atom is -0.396 e. The predicted octanol–water partition coefficient (Wildman–Crippen LogP) is 0.814. The van der Waals surface area contributed by atoms with E-state index in [0.717, 1.165) is 44.6 Å². The Hall–Kier alpha value is -0.860. The molecule has 0 aromatic rings. The molecule has 0 heterocycles. The SMILES string of the molecule is CCNC(=NCC1(CCO)CCCCC1)NCCCNS(C)(=O)=O. The minimum atomic E-state index is -3.12. The maximum atomic E-state index is 11.0. The summed E-state index contributed by atoms with van der Waals surface area (Å²) in [5.41, 5.74) is 0.132. The predicted molar refractivity (Wildman–Crippen MR) is 98.7 cm³/mol. The van der Waals surface area contributed by atoms with Gasteiger partial charge in [0.15, 0.2) is 5.96 Å². The molecule has 1 aliphatic carbocycles. The number of hydrogen-bond donors (Lipinski definition) is 4. The standard InChI is InChI=1S/C16H34N4O3S/c1-3-17-15(18-11-7-12-20-24(2,22)23)19-14-16(10-13-21)8-5-4-6-9-16/h20-21H,3-14H2,1-2H3,(H2,17,18,19). The highest BCUT2D eigenvalue weighted by Crippen LogP contribution is 2.39. The van der Waals surface area contributed by atoms with E-state index < -0.39 is 10.0 Å². The second kappa shape index (κ2) is 10.9. The van der Waals surface area contributed by atoms with Crippen molar-refractivity contribution in [1.82, 2.24) is 15.4 Å². The lowest BCUT2D eigenvalue weighted by atomic mass is 9.72. The van der Waals surface area contributed by atoms with Gasteiger partial charge >= 0.3 is 0 Å². The van der Waals surface area contributed by atoms with Crippen molar-refractivity contribution in [1.29, 1.82) is 0 Å². The molecule has 0 amide bonds. The molecule has 142 valence electrons. The number of sulfonamides is 1. The molecule has 0 atom stereocenters. The lowest BCUT2D eigenvalue weighted by Crippen LogP contribution is -2.40. The highest BCUT2D eigenvalue weighted by atomic mass is 32.2. The summed E-state index contributed by atoms with van der Waals surface area (Å²) in [6.45, 7) is 4.81. The zero-order valence-corrected chi connectivity index (χ0v) is 15.9. The van der Waals surface area contributed by atoms with Crippen LogP contribution in [0.25, 0.3) is 0 Å². The number of nitrogens with zero attached hydrogens (tertiary/aromatic N) is 1. The molecule has 0 aromatic carbocycles. The Morgan fingerprint density at radius 2 is 1.88 bits per heavy atom. The molecule has 24 heavy (non-hydrogen) atoms. The molecule has 0 spiro atoms. The molecular formula is C16H34N4O3S. The van der Waals surface area contributed by atoms with Gasteiger partial charge in [0.05, 0.1) is 6.26 Å². The second-order valence-electron chi connectivity index (χ2n) is 6.68. The van der Waals surface area contributed by atoms with E-state index >= 15 is 0 Å². The summed E-state index contributed by atoms with van der Waals surface area (Å²) < 4.78 is 24.5. The number of aliphatic imine (C=N–C) groups is 1. The van der Waals surface area contributed by atoms with Crippen LogP contribution in [0.15, 0.2) is 4.99 Å². The molecule has 1 saturated carbocycles. The average Bonchev–Trinajstić information content (AvgIpc) is 2.52. The Morgan fingerprint density at radius 3 is 2.46 bits per heavy atom. The fourth-order valence-electron chi connectivity index (χ4n) is 3.17. The Kier molecular flexibility index (Phi) is 9.61. The van der Waals surface area contributed by atoms with Crippen LogP contribution in [-0.4, -0.2) is 58.5 Å². The van der Waals surface area contributed by atoms with Crippen LogP contribution in [-0.2, 0) is 10.0 Å². The van der Waals surface area contributed by atoms with E-state index in [-0.39, 0.29) is 12.0 Å². The molecule has 1 fully saturated rings. The van der Waals surface area contributed by atoms with Crippen molar-refractivity contribution < 1.29 is 13.5 Å². The molecule has 0 bridgehead atoms. The molecule has 1 aliphatic rings. The molecule has 4 N–H and O–H groups in total. The van der Waals surface area contributed by atoms with Crippen LogP contribution in [0.4, 0.5) is 0 Å². The molecular weight excluding hydrogens is 328 g/mol. The van der Waals surface area contributed by atoms with Crippen LogP contribution in [0.3, 0.4) is 0 Å². The monoisotopic (exact) mass is 362 g/mol. The van der Waals surface area contributed by atoms with E-state index in [9.17, 15) is 13.5 Å². The van der Waals surface area contributed by atoms with Gasteiger partial charge in [0.25, 0.3) is 0 Å². The summed E-state index contributed by atoms with van der Waals surface area (Å²) in [5.74, 6) is 0.764.